The van der Waals surface area contributed by atoms with Gasteiger partial charge in [-0.25, -0.2) is 0 Å². The Morgan fingerprint density at radius 2 is 1.74 bits per heavy atom. The fourth-order valence-electron chi connectivity index (χ4n) is 4.19. The number of nitrogens with zero attached hydrogens (tertiary/aromatic N) is 2. The third-order valence-corrected chi connectivity index (χ3v) is 6.93. The molecule has 0 aliphatic carbocycles. The number of hydrogen-bond acceptors (Lipinski definition) is 5. The molecule has 3 aromatic rings. The second kappa shape index (κ2) is 11.6. The number of benzene rings is 3. The van der Waals surface area contributed by atoms with E-state index in [-0.39, 0.29) is 17.8 Å². The summed E-state index contributed by atoms with van der Waals surface area (Å²) in [5.41, 5.74) is 2.71. The molecule has 6 nitrogen and oxygen atoms in total. The summed E-state index contributed by atoms with van der Waals surface area (Å²) < 4.78 is 11.4. The number of ether oxygens (including phenoxy) is 2. The molecule has 0 saturated heterocycles. The minimum absolute atomic E-state index is 0.0645. The molecule has 0 fully saturated rings. The van der Waals surface area contributed by atoms with Gasteiger partial charge >= 0.3 is 0 Å². The molecular formula is C30H24Cl2N2O4. The zero-order valence-electron chi connectivity index (χ0n) is 21.0. The van der Waals surface area contributed by atoms with Crippen molar-refractivity contribution in [3.63, 3.8) is 0 Å². The van der Waals surface area contributed by atoms with Gasteiger partial charge in [-0.1, -0.05) is 65.7 Å². The van der Waals surface area contributed by atoms with Crippen LogP contribution in [0.5, 0.6) is 11.5 Å². The molecule has 0 aromatic heterocycles. The molecule has 1 aliphatic heterocycles. The lowest BCUT2D eigenvalue weighted by Gasteiger charge is -2.32. The number of methoxy groups -OCH3 is 1. The molecule has 0 spiro atoms. The first-order chi connectivity index (χ1) is 18.2. The maximum Gasteiger partial charge on any atom is 0.272 e. The summed E-state index contributed by atoms with van der Waals surface area (Å²) in [4.78, 5) is 27.8. The van der Waals surface area contributed by atoms with Crippen molar-refractivity contribution in [1.82, 2.24) is 4.90 Å². The lowest BCUT2D eigenvalue weighted by atomic mass is 9.91. The zero-order chi connectivity index (χ0) is 27.4. The van der Waals surface area contributed by atoms with E-state index in [1.54, 1.807) is 56.3 Å². The summed E-state index contributed by atoms with van der Waals surface area (Å²) in [5.74, 6) is -0.152. The van der Waals surface area contributed by atoms with Gasteiger partial charge in [0.15, 0.2) is 11.5 Å². The molecule has 8 heteroatoms. The summed E-state index contributed by atoms with van der Waals surface area (Å²) in [5, 5.41) is 10.8. The highest BCUT2D eigenvalue weighted by atomic mass is 35.5. The molecule has 0 N–H and O–H groups in total. The van der Waals surface area contributed by atoms with Crippen LogP contribution in [-0.2, 0) is 16.2 Å². The van der Waals surface area contributed by atoms with Crippen LogP contribution in [0.3, 0.4) is 0 Å². The largest absolute Gasteiger partial charge is 0.493 e. The molecule has 0 bridgehead atoms. The Labute approximate surface area is 231 Å². The Kier molecular flexibility index (Phi) is 8.21. The minimum atomic E-state index is -0.606. The standard InChI is InChI=1S/C30H24Cl2N2O4/c1-18-24(29(35)34(30(36)25(18)16-33)19(2)21-7-5-4-6-8-21)13-20-9-12-27(28(14-20)37-3)38-17-22-10-11-23(31)15-26(22)32/h4-15,19H,17H2,1-3H3/b24-13+. The molecule has 2 amide bonds. The van der Waals surface area contributed by atoms with Crippen LogP contribution in [0.15, 0.2) is 83.4 Å². The molecule has 0 saturated carbocycles. The average molecular weight is 547 g/mol. The van der Waals surface area contributed by atoms with Crippen molar-refractivity contribution in [3.8, 4) is 17.6 Å². The van der Waals surface area contributed by atoms with E-state index >= 15 is 0 Å². The van der Waals surface area contributed by atoms with Gasteiger partial charge in [0.25, 0.3) is 11.8 Å². The first kappa shape index (κ1) is 27.0. The van der Waals surface area contributed by atoms with E-state index in [2.05, 4.69) is 0 Å². The van der Waals surface area contributed by atoms with Crippen LogP contribution in [0.1, 0.15) is 36.6 Å². The topological polar surface area (TPSA) is 79.6 Å². The highest BCUT2D eigenvalue weighted by Crippen LogP contribution is 2.35. The van der Waals surface area contributed by atoms with E-state index in [1.807, 2.05) is 36.4 Å². The first-order valence-corrected chi connectivity index (χ1v) is 12.5. The maximum absolute atomic E-state index is 13.6. The second-order valence-corrected chi connectivity index (χ2v) is 9.52. The van der Waals surface area contributed by atoms with Gasteiger partial charge in [0.2, 0.25) is 0 Å². The van der Waals surface area contributed by atoms with Crippen molar-refractivity contribution >= 4 is 41.1 Å². The normalized spacial score (nSPS) is 15.5. The van der Waals surface area contributed by atoms with E-state index in [0.29, 0.717) is 32.7 Å². The van der Waals surface area contributed by atoms with Crippen LogP contribution >= 0.6 is 23.2 Å². The molecular weight excluding hydrogens is 523 g/mol. The van der Waals surface area contributed by atoms with Gasteiger partial charge < -0.3 is 9.47 Å². The van der Waals surface area contributed by atoms with Crippen molar-refractivity contribution in [3.05, 3.63) is 110 Å². The second-order valence-electron chi connectivity index (χ2n) is 8.67. The predicted molar refractivity (Wildman–Crippen MR) is 147 cm³/mol. The molecule has 3 aromatic carbocycles. The smallest absolute Gasteiger partial charge is 0.272 e. The number of halogens is 2. The van der Waals surface area contributed by atoms with E-state index in [0.717, 1.165) is 16.0 Å². The summed E-state index contributed by atoms with van der Waals surface area (Å²) in [7, 11) is 1.51. The Morgan fingerprint density at radius 3 is 2.39 bits per heavy atom. The Balaban J connectivity index is 1.66. The Bertz CT molecular complexity index is 1510. The molecule has 1 heterocycles. The van der Waals surface area contributed by atoms with Crippen molar-refractivity contribution in [2.24, 2.45) is 0 Å². The molecule has 1 aliphatic rings. The highest BCUT2D eigenvalue weighted by molar-refractivity contribution is 6.35. The Hall–Kier alpha value is -4.05. The minimum Gasteiger partial charge on any atom is -0.493 e. The van der Waals surface area contributed by atoms with Gasteiger partial charge in [-0.15, -0.1) is 0 Å². The van der Waals surface area contributed by atoms with E-state index in [1.165, 1.54) is 7.11 Å². The van der Waals surface area contributed by atoms with Gasteiger partial charge in [0.1, 0.15) is 18.2 Å². The number of carbonyl (C=O) groups excluding carboxylic acids is 2. The maximum atomic E-state index is 13.6. The van der Waals surface area contributed by atoms with Crippen LogP contribution in [0.25, 0.3) is 6.08 Å². The van der Waals surface area contributed by atoms with Crippen molar-refractivity contribution < 1.29 is 19.1 Å². The van der Waals surface area contributed by atoms with Crippen LogP contribution in [0, 0.1) is 11.3 Å². The molecule has 192 valence electrons. The monoisotopic (exact) mass is 546 g/mol. The summed E-state index contributed by atoms with van der Waals surface area (Å²) in [6.45, 7) is 3.57. The number of carbonyl (C=O) groups is 2. The van der Waals surface area contributed by atoms with Crippen molar-refractivity contribution in [2.45, 2.75) is 26.5 Å². The van der Waals surface area contributed by atoms with Crippen LogP contribution in [-0.4, -0.2) is 23.8 Å². The van der Waals surface area contributed by atoms with Gasteiger partial charge in [0, 0.05) is 21.2 Å². The average Bonchev–Trinajstić information content (AvgIpc) is 2.91. The van der Waals surface area contributed by atoms with Crippen LogP contribution in [0.2, 0.25) is 10.0 Å². The fourth-order valence-corrected chi connectivity index (χ4v) is 4.65. The zero-order valence-corrected chi connectivity index (χ0v) is 22.5. The quantitative estimate of drug-likeness (QED) is 0.237. The SMILES string of the molecule is COc1cc(/C=C2/C(=O)N(C(C)c3ccccc3)C(=O)C(C#N)=C2C)ccc1OCc1ccc(Cl)cc1Cl. The number of hydrogen-bond donors (Lipinski definition) is 0. The fraction of sp³-hybridized carbons (Fsp3) is 0.167. The third-order valence-electron chi connectivity index (χ3n) is 6.34. The lowest BCUT2D eigenvalue weighted by Crippen LogP contribution is -2.44. The lowest BCUT2D eigenvalue weighted by molar-refractivity contribution is -0.143. The van der Waals surface area contributed by atoms with Crippen molar-refractivity contribution in [1.29, 1.82) is 5.26 Å². The molecule has 1 atom stereocenters. The summed E-state index contributed by atoms with van der Waals surface area (Å²) in [6, 6.07) is 21.0. The van der Waals surface area contributed by atoms with Crippen LogP contribution in [0.4, 0.5) is 0 Å². The Morgan fingerprint density at radius 1 is 1.00 bits per heavy atom. The van der Waals surface area contributed by atoms with Gasteiger partial charge in [-0.3, -0.25) is 14.5 Å². The van der Waals surface area contributed by atoms with Gasteiger partial charge in [-0.05, 0) is 60.9 Å². The van der Waals surface area contributed by atoms with E-state index < -0.39 is 17.9 Å². The number of amides is 2. The number of nitriles is 1. The summed E-state index contributed by atoms with van der Waals surface area (Å²) in [6.07, 6.45) is 1.65. The molecule has 1 unspecified atom stereocenters. The van der Waals surface area contributed by atoms with Gasteiger partial charge in [-0.2, -0.15) is 5.26 Å². The molecule has 4 rings (SSSR count). The summed E-state index contributed by atoms with van der Waals surface area (Å²) >= 11 is 12.2. The van der Waals surface area contributed by atoms with E-state index in [4.69, 9.17) is 32.7 Å². The van der Waals surface area contributed by atoms with E-state index in [9.17, 15) is 14.9 Å². The number of imide groups is 1. The van der Waals surface area contributed by atoms with Crippen LogP contribution < -0.4 is 9.47 Å². The highest BCUT2D eigenvalue weighted by Gasteiger charge is 2.38. The number of rotatable bonds is 7. The molecule has 0 radical (unpaired) electrons. The first-order valence-electron chi connectivity index (χ1n) is 11.8. The van der Waals surface area contributed by atoms with Gasteiger partial charge in [0.05, 0.1) is 13.2 Å². The third kappa shape index (κ3) is 5.45. The molecule has 38 heavy (non-hydrogen) atoms. The predicted octanol–water partition coefficient (Wildman–Crippen LogP) is 6.93. The van der Waals surface area contributed by atoms with Crippen molar-refractivity contribution in [2.75, 3.05) is 7.11 Å².